The summed E-state index contributed by atoms with van der Waals surface area (Å²) in [7, 11) is 0. The second-order valence-electron chi connectivity index (χ2n) is 4.17. The number of rotatable bonds is 5. The van der Waals surface area contributed by atoms with Crippen molar-refractivity contribution < 1.29 is 9.90 Å². The van der Waals surface area contributed by atoms with Crippen molar-refractivity contribution in [2.24, 2.45) is 5.92 Å². The number of halogens is 1. The second-order valence-corrected chi connectivity index (χ2v) is 5.09. The van der Waals surface area contributed by atoms with Crippen LogP contribution in [0, 0.1) is 5.92 Å². The summed E-state index contributed by atoms with van der Waals surface area (Å²) < 4.78 is 0.961. The molecule has 0 saturated heterocycles. The molecule has 1 aliphatic carbocycles. The Morgan fingerprint density at radius 2 is 2.06 bits per heavy atom. The van der Waals surface area contributed by atoms with Gasteiger partial charge in [-0.1, -0.05) is 28.1 Å². The predicted molar refractivity (Wildman–Crippen MR) is 65.2 cm³/mol. The van der Waals surface area contributed by atoms with Crippen molar-refractivity contribution in [3.63, 3.8) is 0 Å². The van der Waals surface area contributed by atoms with Gasteiger partial charge in [-0.3, -0.25) is 4.79 Å². The Morgan fingerprint density at radius 3 is 2.56 bits per heavy atom. The van der Waals surface area contributed by atoms with Crippen LogP contribution in [0.3, 0.4) is 0 Å². The molecule has 1 unspecified atom stereocenters. The fourth-order valence-electron chi connectivity index (χ4n) is 1.61. The van der Waals surface area contributed by atoms with Gasteiger partial charge in [0.05, 0.1) is 0 Å². The van der Waals surface area contributed by atoms with E-state index in [0.717, 1.165) is 16.6 Å². The fraction of sp³-hybridized carbons (Fsp3) is 0.417. The first-order valence-corrected chi connectivity index (χ1v) is 6.18. The average molecular weight is 284 g/mol. The topological polar surface area (TPSA) is 49.3 Å². The van der Waals surface area contributed by atoms with E-state index in [1.807, 2.05) is 24.3 Å². The fourth-order valence-corrected chi connectivity index (χ4v) is 1.87. The van der Waals surface area contributed by atoms with E-state index < -0.39 is 12.0 Å². The van der Waals surface area contributed by atoms with Gasteiger partial charge >= 0.3 is 5.97 Å². The molecular weight excluding hydrogens is 270 g/mol. The van der Waals surface area contributed by atoms with Gasteiger partial charge in [-0.2, -0.15) is 0 Å². The lowest BCUT2D eigenvalue weighted by Crippen LogP contribution is -2.30. The number of aliphatic carboxylic acids is 1. The lowest BCUT2D eigenvalue weighted by molar-refractivity contribution is -0.139. The van der Waals surface area contributed by atoms with Gasteiger partial charge in [-0.05, 0) is 43.0 Å². The van der Waals surface area contributed by atoms with Crippen LogP contribution in [0.1, 0.15) is 24.4 Å². The Hall–Kier alpha value is -0.870. The summed E-state index contributed by atoms with van der Waals surface area (Å²) in [5.74, 6) is -0.139. The standard InChI is InChI=1S/C12H14BrNO2/c13-10-5-3-9(4-6-10)11(12(15)16)14-7-8-1-2-8/h3-6,8,11,14H,1-2,7H2,(H,15,16). The zero-order valence-electron chi connectivity index (χ0n) is 8.82. The largest absolute Gasteiger partial charge is 0.480 e. The first-order chi connectivity index (χ1) is 7.66. The highest BCUT2D eigenvalue weighted by Crippen LogP contribution is 2.28. The van der Waals surface area contributed by atoms with Gasteiger partial charge in [0.1, 0.15) is 6.04 Å². The van der Waals surface area contributed by atoms with Crippen molar-refractivity contribution in [1.29, 1.82) is 0 Å². The van der Waals surface area contributed by atoms with E-state index in [4.69, 9.17) is 5.11 Å². The Morgan fingerprint density at radius 1 is 1.44 bits per heavy atom. The number of carbonyl (C=O) groups is 1. The minimum atomic E-state index is -0.817. The maximum absolute atomic E-state index is 11.1. The molecule has 16 heavy (non-hydrogen) atoms. The van der Waals surface area contributed by atoms with Crippen LogP contribution in [0.5, 0.6) is 0 Å². The number of nitrogens with one attached hydrogen (secondary N) is 1. The van der Waals surface area contributed by atoms with E-state index >= 15 is 0 Å². The number of benzene rings is 1. The smallest absolute Gasteiger partial charge is 0.325 e. The molecular formula is C12H14BrNO2. The maximum atomic E-state index is 11.1. The van der Waals surface area contributed by atoms with Crippen molar-refractivity contribution in [3.05, 3.63) is 34.3 Å². The Bertz CT molecular complexity index is 373. The molecule has 2 rings (SSSR count). The SMILES string of the molecule is O=C(O)C(NCC1CC1)c1ccc(Br)cc1. The van der Waals surface area contributed by atoms with Crippen molar-refractivity contribution in [1.82, 2.24) is 5.32 Å². The molecule has 1 saturated carbocycles. The van der Waals surface area contributed by atoms with Gasteiger partial charge in [-0.25, -0.2) is 0 Å². The molecule has 2 N–H and O–H groups in total. The average Bonchev–Trinajstić information content (AvgIpc) is 3.04. The molecule has 4 heteroatoms. The molecule has 86 valence electrons. The van der Waals surface area contributed by atoms with Crippen LogP contribution >= 0.6 is 15.9 Å². The van der Waals surface area contributed by atoms with E-state index in [0.29, 0.717) is 5.92 Å². The first-order valence-electron chi connectivity index (χ1n) is 5.38. The number of carboxylic acid groups (broad SMARTS) is 1. The van der Waals surface area contributed by atoms with Crippen LogP contribution in [-0.4, -0.2) is 17.6 Å². The molecule has 0 radical (unpaired) electrons. The molecule has 1 aliphatic rings. The quantitative estimate of drug-likeness (QED) is 0.873. The third-order valence-corrected chi connectivity index (χ3v) is 3.29. The summed E-state index contributed by atoms with van der Waals surface area (Å²) in [4.78, 5) is 11.1. The minimum absolute atomic E-state index is 0.589. The third-order valence-electron chi connectivity index (χ3n) is 2.76. The van der Waals surface area contributed by atoms with Crippen LogP contribution < -0.4 is 5.32 Å². The van der Waals surface area contributed by atoms with E-state index in [1.165, 1.54) is 12.8 Å². The maximum Gasteiger partial charge on any atom is 0.325 e. The monoisotopic (exact) mass is 283 g/mol. The molecule has 0 spiro atoms. The zero-order valence-corrected chi connectivity index (χ0v) is 10.4. The lowest BCUT2D eigenvalue weighted by Gasteiger charge is -2.14. The van der Waals surface area contributed by atoms with Gasteiger partial charge in [0.25, 0.3) is 0 Å². The van der Waals surface area contributed by atoms with Crippen molar-refractivity contribution >= 4 is 21.9 Å². The van der Waals surface area contributed by atoms with Crippen LogP contribution in [0.4, 0.5) is 0 Å². The normalized spacial score (nSPS) is 17.1. The molecule has 0 heterocycles. The highest BCUT2D eigenvalue weighted by Gasteiger charge is 2.25. The van der Waals surface area contributed by atoms with E-state index in [2.05, 4.69) is 21.2 Å². The van der Waals surface area contributed by atoms with Gasteiger partial charge in [0.15, 0.2) is 0 Å². The molecule has 3 nitrogen and oxygen atoms in total. The molecule has 0 bridgehead atoms. The highest BCUT2D eigenvalue weighted by atomic mass is 79.9. The van der Waals surface area contributed by atoms with Crippen LogP contribution in [-0.2, 0) is 4.79 Å². The summed E-state index contributed by atoms with van der Waals surface area (Å²) in [5, 5.41) is 12.3. The highest BCUT2D eigenvalue weighted by molar-refractivity contribution is 9.10. The molecule has 1 aromatic rings. The van der Waals surface area contributed by atoms with Gasteiger partial charge in [0.2, 0.25) is 0 Å². The van der Waals surface area contributed by atoms with Crippen LogP contribution in [0.25, 0.3) is 0 Å². The molecule has 1 fully saturated rings. The van der Waals surface area contributed by atoms with Gasteiger partial charge in [0, 0.05) is 4.47 Å². The zero-order chi connectivity index (χ0) is 11.5. The molecule has 0 amide bonds. The van der Waals surface area contributed by atoms with Gasteiger partial charge in [-0.15, -0.1) is 0 Å². The molecule has 0 aromatic heterocycles. The summed E-state index contributed by atoms with van der Waals surface area (Å²) in [5.41, 5.74) is 0.802. The number of hydrogen-bond acceptors (Lipinski definition) is 2. The van der Waals surface area contributed by atoms with E-state index in [9.17, 15) is 4.79 Å². The van der Waals surface area contributed by atoms with Crippen molar-refractivity contribution in [3.8, 4) is 0 Å². The molecule has 1 aromatic carbocycles. The second kappa shape index (κ2) is 4.97. The Kier molecular flexibility index (Phi) is 3.61. The van der Waals surface area contributed by atoms with E-state index in [1.54, 1.807) is 0 Å². The Balaban J connectivity index is 2.04. The Labute approximate surface area is 103 Å². The molecule has 0 aliphatic heterocycles. The van der Waals surface area contributed by atoms with E-state index in [-0.39, 0.29) is 0 Å². The van der Waals surface area contributed by atoms with Crippen LogP contribution in [0.2, 0.25) is 0 Å². The summed E-state index contributed by atoms with van der Waals surface area (Å²) >= 11 is 3.34. The summed E-state index contributed by atoms with van der Waals surface area (Å²) in [6.07, 6.45) is 2.44. The summed E-state index contributed by atoms with van der Waals surface area (Å²) in [6.45, 7) is 0.799. The number of carboxylic acids is 1. The lowest BCUT2D eigenvalue weighted by atomic mass is 10.1. The first kappa shape index (κ1) is 11.6. The van der Waals surface area contributed by atoms with Crippen LogP contribution in [0.15, 0.2) is 28.7 Å². The van der Waals surface area contributed by atoms with Crippen molar-refractivity contribution in [2.45, 2.75) is 18.9 Å². The molecule has 1 atom stereocenters. The summed E-state index contributed by atoms with van der Waals surface area (Å²) in [6, 6.07) is 6.81. The number of hydrogen-bond donors (Lipinski definition) is 2. The third kappa shape index (κ3) is 3.06. The van der Waals surface area contributed by atoms with Gasteiger partial charge < -0.3 is 10.4 Å². The predicted octanol–water partition coefficient (Wildman–Crippen LogP) is 2.57. The minimum Gasteiger partial charge on any atom is -0.480 e. The van der Waals surface area contributed by atoms with Crippen molar-refractivity contribution in [2.75, 3.05) is 6.54 Å².